The van der Waals surface area contributed by atoms with Crippen molar-refractivity contribution < 1.29 is 4.79 Å². The predicted molar refractivity (Wildman–Crippen MR) is 111 cm³/mol. The minimum Gasteiger partial charge on any atom is -0.355 e. The van der Waals surface area contributed by atoms with Gasteiger partial charge in [-0.05, 0) is 30.4 Å². The Balaban J connectivity index is 1.59. The van der Waals surface area contributed by atoms with Gasteiger partial charge in [-0.1, -0.05) is 37.7 Å². The summed E-state index contributed by atoms with van der Waals surface area (Å²) >= 11 is 1.42. The molecule has 1 aliphatic heterocycles. The molecule has 1 aliphatic rings. The molecule has 0 atom stereocenters. The summed E-state index contributed by atoms with van der Waals surface area (Å²) in [6.07, 6.45) is 4.12. The van der Waals surface area contributed by atoms with E-state index in [2.05, 4.69) is 39.2 Å². The van der Waals surface area contributed by atoms with Crippen molar-refractivity contribution >= 4 is 34.7 Å². The van der Waals surface area contributed by atoms with Crippen LogP contribution in [0.2, 0.25) is 0 Å². The van der Waals surface area contributed by atoms with Crippen molar-refractivity contribution in [2.24, 2.45) is 5.41 Å². The van der Waals surface area contributed by atoms with Crippen molar-refractivity contribution in [2.75, 3.05) is 25.0 Å². The Hall–Kier alpha value is -2.61. The molecule has 1 amide bonds. The average molecular weight is 397 g/mol. The Morgan fingerprint density at radius 2 is 2.00 bits per heavy atom. The van der Waals surface area contributed by atoms with E-state index in [4.69, 9.17) is 4.98 Å². The molecule has 28 heavy (non-hydrogen) atoms. The zero-order chi connectivity index (χ0) is 19.7. The van der Waals surface area contributed by atoms with Gasteiger partial charge < -0.3 is 10.2 Å². The molecule has 0 bridgehead atoms. The molecule has 0 radical (unpaired) electrons. The van der Waals surface area contributed by atoms with Crippen molar-refractivity contribution in [2.45, 2.75) is 36.6 Å². The molecule has 146 valence electrons. The first-order valence-corrected chi connectivity index (χ1v) is 10.2. The number of benzene rings is 1. The third kappa shape index (κ3) is 3.69. The number of carbonyl (C=O) groups excluding carboxylic acids is 1. The lowest BCUT2D eigenvalue weighted by Gasteiger charge is -2.37. The van der Waals surface area contributed by atoms with Gasteiger partial charge in [0.1, 0.15) is 11.3 Å². The second kappa shape index (κ2) is 7.43. The van der Waals surface area contributed by atoms with Crippen LogP contribution in [-0.4, -0.2) is 46.2 Å². The van der Waals surface area contributed by atoms with E-state index in [0.29, 0.717) is 21.7 Å². The summed E-state index contributed by atoms with van der Waals surface area (Å²) in [5.74, 6) is 0.762. The Morgan fingerprint density at radius 1 is 1.25 bits per heavy atom. The molecule has 4 rings (SSSR count). The summed E-state index contributed by atoms with van der Waals surface area (Å²) in [7, 11) is 1.63. The number of aromatic nitrogens is 4. The minimum atomic E-state index is -0.121. The molecule has 0 aliphatic carbocycles. The van der Waals surface area contributed by atoms with Gasteiger partial charge in [0.15, 0.2) is 10.7 Å². The van der Waals surface area contributed by atoms with E-state index in [1.165, 1.54) is 11.8 Å². The van der Waals surface area contributed by atoms with Crippen molar-refractivity contribution in [3.63, 3.8) is 0 Å². The molecule has 2 aromatic heterocycles. The lowest BCUT2D eigenvalue weighted by atomic mass is 9.83. The van der Waals surface area contributed by atoms with Crippen molar-refractivity contribution in [3.05, 3.63) is 36.0 Å². The van der Waals surface area contributed by atoms with Gasteiger partial charge >= 0.3 is 0 Å². The Kier molecular flexibility index (Phi) is 4.97. The third-order valence-corrected chi connectivity index (χ3v) is 6.29. The zero-order valence-electron chi connectivity index (χ0n) is 16.3. The number of nitrogens with zero attached hydrogens (tertiary/aromatic N) is 4. The molecule has 1 saturated heterocycles. The molecule has 1 fully saturated rings. The maximum Gasteiger partial charge on any atom is 0.252 e. The van der Waals surface area contributed by atoms with Crippen molar-refractivity contribution in [1.29, 1.82) is 0 Å². The number of carbonyl (C=O) groups is 1. The summed E-state index contributed by atoms with van der Waals surface area (Å²) in [6.45, 7) is 6.60. The van der Waals surface area contributed by atoms with Gasteiger partial charge in [0, 0.05) is 25.0 Å². The molecule has 7 nitrogen and oxygen atoms in total. The number of rotatable bonds is 4. The van der Waals surface area contributed by atoms with Crippen LogP contribution in [0.15, 0.2) is 40.4 Å². The Labute approximate surface area is 168 Å². The summed E-state index contributed by atoms with van der Waals surface area (Å²) in [5.41, 5.74) is 2.40. The van der Waals surface area contributed by atoms with Crippen molar-refractivity contribution in [3.8, 4) is 0 Å². The lowest BCUT2D eigenvalue weighted by molar-refractivity contribution is 0.0960. The zero-order valence-corrected chi connectivity index (χ0v) is 17.1. The summed E-state index contributed by atoms with van der Waals surface area (Å²) in [4.78, 5) is 24.6. The van der Waals surface area contributed by atoms with Crippen LogP contribution in [-0.2, 0) is 0 Å². The van der Waals surface area contributed by atoms with E-state index >= 15 is 0 Å². The highest BCUT2D eigenvalue weighted by molar-refractivity contribution is 7.99. The highest BCUT2D eigenvalue weighted by Gasteiger charge is 2.26. The van der Waals surface area contributed by atoms with Crippen LogP contribution in [0.3, 0.4) is 0 Å². The fraction of sp³-hybridized carbons (Fsp3) is 0.400. The molecule has 0 saturated carbocycles. The molecule has 0 unspecified atom stereocenters. The summed E-state index contributed by atoms with van der Waals surface area (Å²) < 4.78 is 0. The van der Waals surface area contributed by atoms with Crippen LogP contribution in [0.1, 0.15) is 37.0 Å². The Bertz CT molecular complexity index is 1000. The molecule has 0 spiro atoms. The number of piperidine rings is 1. The second-order valence-corrected chi connectivity index (χ2v) is 8.81. The second-order valence-electron chi connectivity index (χ2n) is 7.78. The van der Waals surface area contributed by atoms with Gasteiger partial charge in [0.05, 0.1) is 11.8 Å². The number of amides is 1. The van der Waals surface area contributed by atoms with Gasteiger partial charge in [-0.15, -0.1) is 0 Å². The number of fused-ring (bicyclic) bond motifs is 1. The predicted octanol–water partition coefficient (Wildman–Crippen LogP) is 3.49. The number of hydrogen-bond acceptors (Lipinski definition) is 6. The highest BCUT2D eigenvalue weighted by atomic mass is 32.2. The van der Waals surface area contributed by atoms with E-state index in [1.807, 2.05) is 24.4 Å². The van der Waals surface area contributed by atoms with Crippen LogP contribution in [0, 0.1) is 5.41 Å². The minimum absolute atomic E-state index is 0.121. The number of aromatic amines is 1. The highest BCUT2D eigenvalue weighted by Crippen LogP contribution is 2.34. The first kappa shape index (κ1) is 18.7. The normalized spacial score (nSPS) is 16.3. The van der Waals surface area contributed by atoms with Crippen LogP contribution in [0.4, 0.5) is 5.82 Å². The first-order chi connectivity index (χ1) is 13.5. The van der Waals surface area contributed by atoms with Crippen LogP contribution in [0.25, 0.3) is 11.2 Å². The lowest BCUT2D eigenvalue weighted by Crippen LogP contribution is -2.37. The van der Waals surface area contributed by atoms with Crippen LogP contribution >= 0.6 is 11.8 Å². The molecule has 8 heteroatoms. The molecule has 2 N–H and O–H groups in total. The van der Waals surface area contributed by atoms with Gasteiger partial charge in [0.2, 0.25) is 0 Å². The molecule has 3 aromatic rings. The number of nitrogens with one attached hydrogen (secondary N) is 2. The van der Waals surface area contributed by atoms with Crippen LogP contribution < -0.4 is 10.2 Å². The topological polar surface area (TPSA) is 86.8 Å². The van der Waals surface area contributed by atoms with E-state index in [1.54, 1.807) is 13.1 Å². The van der Waals surface area contributed by atoms with E-state index in [9.17, 15) is 4.79 Å². The number of H-pyrrole nitrogens is 1. The van der Waals surface area contributed by atoms with Crippen LogP contribution in [0.5, 0.6) is 0 Å². The fourth-order valence-electron chi connectivity index (χ4n) is 3.32. The van der Waals surface area contributed by atoms with Gasteiger partial charge in [0.25, 0.3) is 5.91 Å². The molecular formula is C20H24N6OS. The molecule has 1 aromatic carbocycles. The fourth-order valence-corrected chi connectivity index (χ4v) is 4.28. The standard InChI is InChI=1S/C20H24N6OS/c1-20(2)8-10-26(11-9-20)15-12-22-16-17(23-15)24-25-19(16)28-14-7-5-4-6-13(14)18(27)21-3/h4-7,12H,8-11H2,1-3H3,(H,21,27)(H,23,24,25). The third-order valence-electron chi connectivity index (χ3n) is 5.23. The van der Waals surface area contributed by atoms with Gasteiger partial charge in [-0.3, -0.25) is 9.89 Å². The maximum atomic E-state index is 12.1. The molecule has 3 heterocycles. The van der Waals surface area contributed by atoms with E-state index in [-0.39, 0.29) is 5.91 Å². The number of hydrogen-bond donors (Lipinski definition) is 2. The smallest absolute Gasteiger partial charge is 0.252 e. The summed E-state index contributed by atoms with van der Waals surface area (Å²) in [6, 6.07) is 7.47. The molecular weight excluding hydrogens is 372 g/mol. The maximum absolute atomic E-state index is 12.1. The van der Waals surface area contributed by atoms with Crippen molar-refractivity contribution in [1.82, 2.24) is 25.5 Å². The van der Waals surface area contributed by atoms with Gasteiger partial charge in [-0.2, -0.15) is 5.10 Å². The quantitative estimate of drug-likeness (QED) is 0.702. The first-order valence-electron chi connectivity index (χ1n) is 9.42. The average Bonchev–Trinajstić information content (AvgIpc) is 3.10. The number of anilines is 1. The monoisotopic (exact) mass is 396 g/mol. The van der Waals surface area contributed by atoms with E-state index in [0.717, 1.165) is 42.2 Å². The summed E-state index contributed by atoms with van der Waals surface area (Å²) in [5, 5.41) is 10.8. The Morgan fingerprint density at radius 3 is 2.75 bits per heavy atom. The van der Waals surface area contributed by atoms with E-state index < -0.39 is 0 Å². The largest absolute Gasteiger partial charge is 0.355 e. The SMILES string of the molecule is CNC(=O)c1ccccc1Sc1n[nH]c2nc(N3CCC(C)(C)CC3)cnc12. The van der Waals surface area contributed by atoms with Gasteiger partial charge in [-0.25, -0.2) is 9.97 Å².